The number of hydrogen-bond donors (Lipinski definition) is 1. The van der Waals surface area contributed by atoms with Gasteiger partial charge in [0.25, 0.3) is 0 Å². The third-order valence-electron chi connectivity index (χ3n) is 5.39. The first kappa shape index (κ1) is 21.0. The first-order valence-electron chi connectivity index (χ1n) is 10.1. The largest absolute Gasteiger partial charge is 0.497 e. The zero-order chi connectivity index (χ0) is 21.8. The average molecular weight is 439 g/mol. The number of pyridine rings is 1. The standard InChI is InChI=1S/C23H26N4O3S/c1-28-18-13-17(14-19(15-18)29-2)26-8-10-27(11-9-26)23(31)25-21-12-16-6-4-5-7-20(16)24-22(21)30-3/h4-7,12-15H,8-11H2,1-3H3,(H,25,31). The van der Waals surface area contributed by atoms with Crippen LogP contribution in [0.2, 0.25) is 0 Å². The number of aromatic nitrogens is 1. The molecule has 1 N–H and O–H groups in total. The predicted octanol–water partition coefficient (Wildman–Crippen LogP) is 3.78. The number of nitrogens with zero attached hydrogens (tertiary/aromatic N) is 3. The summed E-state index contributed by atoms with van der Waals surface area (Å²) in [6.07, 6.45) is 0. The molecule has 1 aliphatic rings. The maximum Gasteiger partial charge on any atom is 0.238 e. The van der Waals surface area contributed by atoms with Crippen molar-refractivity contribution in [3.63, 3.8) is 0 Å². The minimum atomic E-state index is 0.531. The van der Waals surface area contributed by atoms with Crippen LogP contribution in [0.4, 0.5) is 11.4 Å². The molecule has 3 aromatic rings. The average Bonchev–Trinajstić information content (AvgIpc) is 2.83. The van der Waals surface area contributed by atoms with Crippen molar-refractivity contribution in [1.82, 2.24) is 9.88 Å². The van der Waals surface area contributed by atoms with Gasteiger partial charge < -0.3 is 29.3 Å². The first-order chi connectivity index (χ1) is 15.1. The lowest BCUT2D eigenvalue weighted by atomic mass is 10.2. The van der Waals surface area contributed by atoms with Crippen molar-refractivity contribution in [2.24, 2.45) is 0 Å². The van der Waals surface area contributed by atoms with Crippen LogP contribution in [0.1, 0.15) is 0 Å². The number of benzene rings is 2. The normalized spacial score (nSPS) is 13.8. The van der Waals surface area contributed by atoms with E-state index in [2.05, 4.69) is 20.1 Å². The number of piperazine rings is 1. The summed E-state index contributed by atoms with van der Waals surface area (Å²) < 4.78 is 16.3. The molecule has 0 amide bonds. The van der Waals surface area contributed by atoms with Crippen molar-refractivity contribution in [2.45, 2.75) is 0 Å². The van der Waals surface area contributed by atoms with Gasteiger partial charge in [0.15, 0.2) is 5.11 Å². The van der Waals surface area contributed by atoms with Crippen LogP contribution in [-0.2, 0) is 0 Å². The molecule has 1 aromatic heterocycles. The van der Waals surface area contributed by atoms with E-state index in [-0.39, 0.29) is 0 Å². The number of para-hydroxylation sites is 1. The third kappa shape index (κ3) is 4.59. The molecule has 1 saturated heterocycles. The molecule has 0 bridgehead atoms. The summed E-state index contributed by atoms with van der Waals surface area (Å²) in [6.45, 7) is 3.28. The maximum absolute atomic E-state index is 5.69. The number of anilines is 2. The smallest absolute Gasteiger partial charge is 0.238 e. The van der Waals surface area contributed by atoms with Gasteiger partial charge in [-0.15, -0.1) is 0 Å². The summed E-state index contributed by atoms with van der Waals surface area (Å²) in [5, 5.41) is 5.02. The molecule has 0 unspecified atom stereocenters. The van der Waals surface area contributed by atoms with Gasteiger partial charge in [-0.2, -0.15) is 0 Å². The second-order valence-corrected chi connectivity index (χ2v) is 7.60. The SMILES string of the molecule is COc1cc(OC)cc(N2CCN(C(=S)Nc3cc4ccccc4nc3OC)CC2)c1. The first-order valence-corrected chi connectivity index (χ1v) is 10.5. The van der Waals surface area contributed by atoms with E-state index in [1.807, 2.05) is 48.5 Å². The highest BCUT2D eigenvalue weighted by Gasteiger charge is 2.21. The summed E-state index contributed by atoms with van der Waals surface area (Å²) in [5.74, 6) is 2.10. The van der Waals surface area contributed by atoms with Crippen molar-refractivity contribution in [3.8, 4) is 17.4 Å². The third-order valence-corrected chi connectivity index (χ3v) is 5.75. The lowest BCUT2D eigenvalue weighted by Crippen LogP contribution is -2.50. The monoisotopic (exact) mass is 438 g/mol. The lowest BCUT2D eigenvalue weighted by molar-refractivity contribution is 0.384. The Hall–Kier alpha value is -3.26. The Balaban J connectivity index is 1.44. The molecule has 1 aliphatic heterocycles. The minimum Gasteiger partial charge on any atom is -0.497 e. The fourth-order valence-electron chi connectivity index (χ4n) is 3.68. The number of nitrogens with one attached hydrogen (secondary N) is 1. The summed E-state index contributed by atoms with van der Waals surface area (Å²) in [7, 11) is 4.94. The Kier molecular flexibility index (Phi) is 6.27. The molecule has 162 valence electrons. The minimum absolute atomic E-state index is 0.531. The summed E-state index contributed by atoms with van der Waals surface area (Å²) in [6, 6.07) is 15.9. The molecule has 0 atom stereocenters. The van der Waals surface area contributed by atoms with E-state index in [1.165, 1.54) is 0 Å². The van der Waals surface area contributed by atoms with Gasteiger partial charge in [-0.25, -0.2) is 4.98 Å². The van der Waals surface area contributed by atoms with Crippen LogP contribution >= 0.6 is 12.2 Å². The number of methoxy groups -OCH3 is 3. The van der Waals surface area contributed by atoms with Crippen LogP contribution in [-0.4, -0.2) is 62.5 Å². The van der Waals surface area contributed by atoms with E-state index in [0.29, 0.717) is 11.0 Å². The Morgan fingerprint density at radius 2 is 1.58 bits per heavy atom. The highest BCUT2D eigenvalue weighted by atomic mass is 32.1. The van der Waals surface area contributed by atoms with E-state index in [0.717, 1.165) is 60.0 Å². The van der Waals surface area contributed by atoms with E-state index >= 15 is 0 Å². The van der Waals surface area contributed by atoms with Gasteiger partial charge in [0.2, 0.25) is 5.88 Å². The maximum atomic E-state index is 5.69. The lowest BCUT2D eigenvalue weighted by Gasteiger charge is -2.37. The number of rotatable bonds is 5. The van der Waals surface area contributed by atoms with Gasteiger partial charge in [0.1, 0.15) is 17.2 Å². The van der Waals surface area contributed by atoms with Crippen molar-refractivity contribution < 1.29 is 14.2 Å². The molecule has 2 heterocycles. The molecule has 1 fully saturated rings. The molecular formula is C23H26N4O3S. The van der Waals surface area contributed by atoms with Crippen molar-refractivity contribution in [3.05, 3.63) is 48.5 Å². The van der Waals surface area contributed by atoms with Gasteiger partial charge in [0, 0.05) is 55.5 Å². The molecule has 4 rings (SSSR count). The number of fused-ring (bicyclic) bond motifs is 1. The van der Waals surface area contributed by atoms with Crippen molar-refractivity contribution >= 4 is 39.6 Å². The van der Waals surface area contributed by atoms with Crippen molar-refractivity contribution in [1.29, 1.82) is 0 Å². The second kappa shape index (κ2) is 9.26. The van der Waals surface area contributed by atoms with Crippen LogP contribution in [0.25, 0.3) is 10.9 Å². The molecule has 0 aliphatic carbocycles. The highest BCUT2D eigenvalue weighted by Crippen LogP contribution is 2.30. The topological polar surface area (TPSA) is 59.1 Å². The molecule has 31 heavy (non-hydrogen) atoms. The van der Waals surface area contributed by atoms with Gasteiger partial charge >= 0.3 is 0 Å². The quantitative estimate of drug-likeness (QED) is 0.604. The molecular weight excluding hydrogens is 412 g/mol. The summed E-state index contributed by atoms with van der Waals surface area (Å²) in [4.78, 5) is 9.05. The van der Waals surface area contributed by atoms with Crippen LogP contribution < -0.4 is 24.4 Å². The summed E-state index contributed by atoms with van der Waals surface area (Å²) >= 11 is 5.69. The van der Waals surface area contributed by atoms with E-state index in [4.69, 9.17) is 26.4 Å². The fourth-order valence-corrected chi connectivity index (χ4v) is 3.97. The Morgan fingerprint density at radius 3 is 2.23 bits per heavy atom. The molecule has 0 saturated carbocycles. The Labute approximate surface area is 187 Å². The van der Waals surface area contributed by atoms with Crippen molar-refractivity contribution in [2.75, 3.05) is 57.7 Å². The van der Waals surface area contributed by atoms with Gasteiger partial charge in [-0.1, -0.05) is 18.2 Å². The molecule has 0 spiro atoms. The highest BCUT2D eigenvalue weighted by molar-refractivity contribution is 7.80. The van der Waals surface area contributed by atoms with E-state index in [1.54, 1.807) is 21.3 Å². The Morgan fingerprint density at radius 1 is 0.903 bits per heavy atom. The van der Waals surface area contributed by atoms with Crippen LogP contribution in [0, 0.1) is 0 Å². The number of thiocarbonyl (C=S) groups is 1. The van der Waals surface area contributed by atoms with E-state index in [9.17, 15) is 0 Å². The molecule has 2 aromatic carbocycles. The van der Waals surface area contributed by atoms with Crippen LogP contribution in [0.3, 0.4) is 0 Å². The van der Waals surface area contributed by atoms with Crippen LogP contribution in [0.5, 0.6) is 17.4 Å². The summed E-state index contributed by atoms with van der Waals surface area (Å²) in [5.41, 5.74) is 2.74. The Bertz CT molecular complexity index is 1060. The molecule has 0 radical (unpaired) electrons. The zero-order valence-electron chi connectivity index (χ0n) is 17.9. The van der Waals surface area contributed by atoms with Gasteiger partial charge in [-0.05, 0) is 24.4 Å². The fraction of sp³-hybridized carbons (Fsp3) is 0.304. The second-order valence-electron chi connectivity index (χ2n) is 7.21. The van der Waals surface area contributed by atoms with Gasteiger partial charge in [-0.3, -0.25) is 0 Å². The van der Waals surface area contributed by atoms with Crippen LogP contribution in [0.15, 0.2) is 48.5 Å². The number of ether oxygens (including phenoxy) is 3. The van der Waals surface area contributed by atoms with E-state index < -0.39 is 0 Å². The molecule has 8 heteroatoms. The predicted molar refractivity (Wildman–Crippen MR) is 128 cm³/mol. The zero-order valence-corrected chi connectivity index (χ0v) is 18.7. The van der Waals surface area contributed by atoms with Gasteiger partial charge in [0.05, 0.1) is 26.8 Å². The number of hydrogen-bond acceptors (Lipinski definition) is 6. The molecule has 7 nitrogen and oxygen atoms in total.